The number of benzene rings is 2. The Kier molecular flexibility index (Phi) is 6.81. The van der Waals surface area contributed by atoms with Crippen LogP contribution in [0.15, 0.2) is 67.0 Å². The molecule has 1 fully saturated rings. The maximum absolute atomic E-state index is 12.4. The van der Waals surface area contributed by atoms with E-state index in [0.717, 1.165) is 24.5 Å². The van der Waals surface area contributed by atoms with E-state index in [1.807, 2.05) is 54.6 Å². The van der Waals surface area contributed by atoms with Crippen LogP contribution in [0.5, 0.6) is 0 Å². The number of carbonyl (C=O) groups excluding carboxylic acids is 2. The molecule has 0 aliphatic carbocycles. The standard InChI is InChI=1S/C24H26N4O4/c1-18(24(30)26-20-7-9-21(10-8-20)27-11-13-31-14-12-27)32-23(29)15-19-16-25-28(17-19)22-5-3-2-4-6-22/h2-10,16-18H,11-15H2,1H3,(H,26,30). The minimum Gasteiger partial charge on any atom is -0.452 e. The molecule has 8 nitrogen and oxygen atoms in total. The topological polar surface area (TPSA) is 85.7 Å². The molecule has 2 heterocycles. The number of ether oxygens (including phenoxy) is 2. The molecule has 1 amide bonds. The van der Waals surface area contributed by atoms with Crippen LogP contribution in [0.25, 0.3) is 5.69 Å². The van der Waals surface area contributed by atoms with Crippen molar-refractivity contribution in [2.24, 2.45) is 0 Å². The van der Waals surface area contributed by atoms with Crippen LogP contribution in [0.3, 0.4) is 0 Å². The van der Waals surface area contributed by atoms with Gasteiger partial charge in [-0.3, -0.25) is 9.59 Å². The molecule has 1 aliphatic rings. The van der Waals surface area contributed by atoms with E-state index in [4.69, 9.17) is 9.47 Å². The van der Waals surface area contributed by atoms with Crippen molar-refractivity contribution in [3.05, 3.63) is 72.6 Å². The second-order valence-electron chi connectivity index (χ2n) is 7.57. The Balaban J connectivity index is 1.27. The van der Waals surface area contributed by atoms with Crippen LogP contribution in [-0.2, 0) is 25.5 Å². The van der Waals surface area contributed by atoms with E-state index in [1.54, 1.807) is 24.0 Å². The van der Waals surface area contributed by atoms with E-state index in [1.165, 1.54) is 0 Å². The number of nitrogens with zero attached hydrogens (tertiary/aromatic N) is 3. The Labute approximate surface area is 186 Å². The zero-order valence-corrected chi connectivity index (χ0v) is 17.9. The summed E-state index contributed by atoms with van der Waals surface area (Å²) in [6, 6.07) is 17.2. The smallest absolute Gasteiger partial charge is 0.311 e. The van der Waals surface area contributed by atoms with Crippen molar-refractivity contribution in [1.82, 2.24) is 9.78 Å². The molecule has 1 aliphatic heterocycles. The third-order valence-electron chi connectivity index (χ3n) is 5.19. The fourth-order valence-electron chi connectivity index (χ4n) is 3.45. The minimum absolute atomic E-state index is 0.0404. The Morgan fingerprint density at radius 1 is 1.06 bits per heavy atom. The number of rotatable bonds is 7. The van der Waals surface area contributed by atoms with E-state index >= 15 is 0 Å². The van der Waals surface area contributed by atoms with E-state index < -0.39 is 12.1 Å². The molecule has 166 valence electrons. The lowest BCUT2D eigenvalue weighted by Crippen LogP contribution is -2.36. The molecule has 1 aromatic heterocycles. The SMILES string of the molecule is CC(OC(=O)Cc1cnn(-c2ccccc2)c1)C(=O)Nc1ccc(N2CCOCC2)cc1. The van der Waals surface area contributed by atoms with Crippen molar-refractivity contribution in [3.8, 4) is 5.69 Å². The molecule has 32 heavy (non-hydrogen) atoms. The average molecular weight is 434 g/mol. The van der Waals surface area contributed by atoms with Gasteiger partial charge >= 0.3 is 5.97 Å². The van der Waals surface area contributed by atoms with Gasteiger partial charge < -0.3 is 19.7 Å². The molecule has 0 bridgehead atoms. The van der Waals surface area contributed by atoms with Gasteiger partial charge in [-0.2, -0.15) is 5.10 Å². The highest BCUT2D eigenvalue weighted by atomic mass is 16.5. The predicted octanol–water partition coefficient (Wildman–Crippen LogP) is 2.82. The molecule has 1 unspecified atom stereocenters. The zero-order valence-electron chi connectivity index (χ0n) is 17.9. The highest BCUT2D eigenvalue weighted by molar-refractivity contribution is 5.95. The molecular weight excluding hydrogens is 408 g/mol. The molecule has 2 aromatic carbocycles. The second kappa shape index (κ2) is 10.1. The number of anilines is 2. The number of carbonyl (C=O) groups is 2. The summed E-state index contributed by atoms with van der Waals surface area (Å²) in [5.41, 5.74) is 3.35. The molecule has 0 spiro atoms. The quantitative estimate of drug-likeness (QED) is 0.576. The number of hydrogen-bond donors (Lipinski definition) is 1. The second-order valence-corrected chi connectivity index (χ2v) is 7.57. The lowest BCUT2D eigenvalue weighted by Gasteiger charge is -2.28. The fraction of sp³-hybridized carbons (Fsp3) is 0.292. The zero-order chi connectivity index (χ0) is 22.3. The number of morpholine rings is 1. The maximum atomic E-state index is 12.4. The first-order valence-corrected chi connectivity index (χ1v) is 10.6. The first-order valence-electron chi connectivity index (χ1n) is 10.6. The molecule has 0 saturated carbocycles. The number of hydrogen-bond acceptors (Lipinski definition) is 6. The van der Waals surface area contributed by atoms with Gasteiger partial charge in [0.1, 0.15) is 0 Å². The van der Waals surface area contributed by atoms with E-state index in [-0.39, 0.29) is 12.3 Å². The van der Waals surface area contributed by atoms with Crippen molar-refractivity contribution in [3.63, 3.8) is 0 Å². The molecule has 1 N–H and O–H groups in total. The van der Waals surface area contributed by atoms with Crippen LogP contribution in [0.2, 0.25) is 0 Å². The monoisotopic (exact) mass is 434 g/mol. The van der Waals surface area contributed by atoms with Crippen molar-refractivity contribution >= 4 is 23.3 Å². The number of esters is 1. The van der Waals surface area contributed by atoms with Gasteiger partial charge in [-0.1, -0.05) is 18.2 Å². The van der Waals surface area contributed by atoms with E-state index in [0.29, 0.717) is 24.5 Å². The Bertz CT molecular complexity index is 1040. The summed E-state index contributed by atoms with van der Waals surface area (Å²) in [6.07, 6.45) is 2.52. The van der Waals surface area contributed by atoms with Gasteiger partial charge in [-0.15, -0.1) is 0 Å². The minimum atomic E-state index is -0.911. The summed E-state index contributed by atoms with van der Waals surface area (Å²) in [4.78, 5) is 27.0. The van der Waals surface area contributed by atoms with Gasteiger partial charge in [-0.05, 0) is 43.3 Å². The van der Waals surface area contributed by atoms with Crippen LogP contribution in [-0.4, -0.2) is 54.1 Å². The number of aromatic nitrogens is 2. The Hall–Kier alpha value is -3.65. The fourth-order valence-corrected chi connectivity index (χ4v) is 3.45. The van der Waals surface area contributed by atoms with Crippen LogP contribution in [0.4, 0.5) is 11.4 Å². The molecule has 4 rings (SSSR count). The maximum Gasteiger partial charge on any atom is 0.311 e. The predicted molar refractivity (Wildman–Crippen MR) is 121 cm³/mol. The van der Waals surface area contributed by atoms with Crippen molar-refractivity contribution < 1.29 is 19.1 Å². The summed E-state index contributed by atoms with van der Waals surface area (Å²) in [5.74, 6) is -0.861. The summed E-state index contributed by atoms with van der Waals surface area (Å²) in [7, 11) is 0. The average Bonchev–Trinajstić information content (AvgIpc) is 3.29. The molecule has 0 radical (unpaired) electrons. The number of para-hydroxylation sites is 1. The van der Waals surface area contributed by atoms with Gasteiger partial charge in [-0.25, -0.2) is 4.68 Å². The third kappa shape index (κ3) is 5.53. The molecule has 1 atom stereocenters. The largest absolute Gasteiger partial charge is 0.452 e. The van der Waals surface area contributed by atoms with Gasteiger partial charge in [0.25, 0.3) is 5.91 Å². The lowest BCUT2D eigenvalue weighted by molar-refractivity contribution is -0.152. The summed E-state index contributed by atoms with van der Waals surface area (Å²) in [6.45, 7) is 4.69. The molecule has 3 aromatic rings. The number of amides is 1. The van der Waals surface area contributed by atoms with Crippen molar-refractivity contribution in [1.29, 1.82) is 0 Å². The Morgan fingerprint density at radius 2 is 1.78 bits per heavy atom. The molecule has 1 saturated heterocycles. The van der Waals surface area contributed by atoms with Gasteiger partial charge in [0.15, 0.2) is 6.10 Å². The van der Waals surface area contributed by atoms with Gasteiger partial charge in [0.05, 0.1) is 31.5 Å². The summed E-state index contributed by atoms with van der Waals surface area (Å²) < 4.78 is 12.4. The van der Waals surface area contributed by atoms with Crippen molar-refractivity contribution in [2.45, 2.75) is 19.4 Å². The Morgan fingerprint density at radius 3 is 2.50 bits per heavy atom. The van der Waals surface area contributed by atoms with E-state index in [9.17, 15) is 9.59 Å². The molecular formula is C24H26N4O4. The van der Waals surface area contributed by atoms with Gasteiger partial charge in [0.2, 0.25) is 0 Å². The van der Waals surface area contributed by atoms with E-state index in [2.05, 4.69) is 15.3 Å². The van der Waals surface area contributed by atoms with Crippen molar-refractivity contribution in [2.75, 3.05) is 36.5 Å². The first kappa shape index (κ1) is 21.6. The van der Waals surface area contributed by atoms with Crippen LogP contribution >= 0.6 is 0 Å². The highest BCUT2D eigenvalue weighted by Crippen LogP contribution is 2.19. The first-order chi connectivity index (χ1) is 15.6. The molecule has 8 heteroatoms. The summed E-state index contributed by atoms with van der Waals surface area (Å²) >= 11 is 0. The third-order valence-corrected chi connectivity index (χ3v) is 5.19. The van der Waals surface area contributed by atoms with Crippen LogP contribution in [0.1, 0.15) is 12.5 Å². The highest BCUT2D eigenvalue weighted by Gasteiger charge is 2.19. The van der Waals surface area contributed by atoms with Crippen LogP contribution in [0, 0.1) is 0 Å². The number of nitrogens with one attached hydrogen (secondary N) is 1. The van der Waals surface area contributed by atoms with Gasteiger partial charge in [0, 0.05) is 36.2 Å². The summed E-state index contributed by atoms with van der Waals surface area (Å²) in [5, 5.41) is 7.06. The normalized spacial score (nSPS) is 14.6. The van der Waals surface area contributed by atoms with Crippen LogP contribution < -0.4 is 10.2 Å². The lowest BCUT2D eigenvalue weighted by atomic mass is 10.2.